The molecule has 0 aromatic heterocycles. The van der Waals surface area contributed by atoms with Crippen molar-refractivity contribution in [2.45, 2.75) is 96.6 Å². The quantitative estimate of drug-likeness (QED) is 0.704. The molecule has 0 radical (unpaired) electrons. The Kier molecular flexibility index (Phi) is 7.01. The van der Waals surface area contributed by atoms with Crippen molar-refractivity contribution in [2.24, 2.45) is 5.92 Å². The predicted octanol–water partition coefficient (Wildman–Crippen LogP) is 4.59. The number of nitrogens with one attached hydrogen (secondary N) is 1. The number of hydrogen-bond acceptors (Lipinski definition) is 2. The molecular formula is C19H38N2. The van der Waals surface area contributed by atoms with Gasteiger partial charge in [-0.15, -0.1) is 0 Å². The zero-order chi connectivity index (χ0) is 15.1. The van der Waals surface area contributed by atoms with Crippen molar-refractivity contribution in [3.8, 4) is 0 Å². The van der Waals surface area contributed by atoms with E-state index in [1.165, 1.54) is 83.8 Å². The Morgan fingerprint density at radius 1 is 0.905 bits per heavy atom. The summed E-state index contributed by atoms with van der Waals surface area (Å²) in [6.07, 6.45) is 14.0. The van der Waals surface area contributed by atoms with Gasteiger partial charge in [0.1, 0.15) is 0 Å². The van der Waals surface area contributed by atoms with Gasteiger partial charge in [-0.3, -0.25) is 4.90 Å². The molecule has 1 saturated carbocycles. The van der Waals surface area contributed by atoms with Crippen LogP contribution in [0.3, 0.4) is 0 Å². The lowest BCUT2D eigenvalue weighted by molar-refractivity contribution is 0.0152. The molecule has 124 valence electrons. The van der Waals surface area contributed by atoms with Crippen LogP contribution in [0.15, 0.2) is 0 Å². The molecule has 1 N–H and O–H groups in total. The van der Waals surface area contributed by atoms with Crippen LogP contribution in [0.25, 0.3) is 0 Å². The second kappa shape index (κ2) is 8.53. The van der Waals surface area contributed by atoms with E-state index in [1.807, 2.05) is 0 Å². The van der Waals surface area contributed by atoms with E-state index in [1.54, 1.807) is 0 Å². The second-order valence-corrected chi connectivity index (χ2v) is 7.37. The van der Waals surface area contributed by atoms with Gasteiger partial charge in [0.25, 0.3) is 0 Å². The number of nitrogens with zero attached hydrogens (tertiary/aromatic N) is 1. The third-order valence-electron chi connectivity index (χ3n) is 6.17. The summed E-state index contributed by atoms with van der Waals surface area (Å²) in [5.41, 5.74) is 0.478. The Morgan fingerprint density at radius 3 is 2.05 bits per heavy atom. The molecule has 1 saturated heterocycles. The van der Waals surface area contributed by atoms with Crippen LogP contribution in [-0.2, 0) is 0 Å². The van der Waals surface area contributed by atoms with Crippen LogP contribution in [0.5, 0.6) is 0 Å². The fourth-order valence-corrected chi connectivity index (χ4v) is 5.01. The molecule has 1 aliphatic heterocycles. The van der Waals surface area contributed by atoms with Gasteiger partial charge in [-0.2, -0.15) is 0 Å². The highest BCUT2D eigenvalue weighted by Crippen LogP contribution is 2.43. The first-order valence-corrected chi connectivity index (χ1v) is 9.77. The molecule has 1 heterocycles. The third-order valence-corrected chi connectivity index (χ3v) is 6.17. The average Bonchev–Trinajstić information content (AvgIpc) is 3.03. The van der Waals surface area contributed by atoms with Gasteiger partial charge in [0.2, 0.25) is 0 Å². The van der Waals surface area contributed by atoms with Gasteiger partial charge in [0, 0.05) is 11.6 Å². The fourth-order valence-electron chi connectivity index (χ4n) is 5.01. The molecule has 2 rings (SSSR count). The molecule has 0 aromatic carbocycles. The lowest BCUT2D eigenvalue weighted by atomic mass is 9.75. The molecule has 2 aliphatic rings. The molecule has 2 heteroatoms. The predicted molar refractivity (Wildman–Crippen MR) is 92.8 cm³/mol. The lowest BCUT2D eigenvalue weighted by Gasteiger charge is -2.51. The summed E-state index contributed by atoms with van der Waals surface area (Å²) in [6, 6.07) is 0.716. The van der Waals surface area contributed by atoms with Crippen molar-refractivity contribution < 1.29 is 0 Å². The summed E-state index contributed by atoms with van der Waals surface area (Å²) in [7, 11) is 0. The van der Waals surface area contributed by atoms with Crippen molar-refractivity contribution in [1.29, 1.82) is 0 Å². The van der Waals surface area contributed by atoms with Gasteiger partial charge < -0.3 is 5.32 Å². The lowest BCUT2D eigenvalue weighted by Crippen LogP contribution is -2.63. The second-order valence-electron chi connectivity index (χ2n) is 7.37. The van der Waals surface area contributed by atoms with E-state index in [0.717, 1.165) is 5.92 Å². The average molecular weight is 295 g/mol. The summed E-state index contributed by atoms with van der Waals surface area (Å²) in [5, 5.41) is 4.01. The first-order valence-electron chi connectivity index (χ1n) is 9.77. The first kappa shape index (κ1) is 17.3. The van der Waals surface area contributed by atoms with E-state index in [0.29, 0.717) is 11.6 Å². The highest BCUT2D eigenvalue weighted by Gasteiger charge is 2.47. The number of rotatable bonds is 8. The summed E-state index contributed by atoms with van der Waals surface area (Å²) >= 11 is 0. The smallest absolute Gasteiger partial charge is 0.0365 e. The van der Waals surface area contributed by atoms with E-state index in [4.69, 9.17) is 0 Å². The Labute approximate surface area is 133 Å². The minimum atomic E-state index is 0.478. The van der Waals surface area contributed by atoms with Crippen LogP contribution >= 0.6 is 0 Å². The normalized spacial score (nSPS) is 24.6. The van der Waals surface area contributed by atoms with Crippen molar-refractivity contribution in [1.82, 2.24) is 10.2 Å². The molecule has 2 fully saturated rings. The van der Waals surface area contributed by atoms with Crippen molar-refractivity contribution in [3.63, 3.8) is 0 Å². The standard InChI is InChI=1S/C19H38N2/c1-4-14-20-18(17(5-2)6-3)19(12-8-9-13-19)21-15-10-7-11-16-21/h17-18,20H,4-16H2,1-3H3. The summed E-state index contributed by atoms with van der Waals surface area (Å²) in [4.78, 5) is 2.91. The molecule has 1 unspecified atom stereocenters. The maximum absolute atomic E-state index is 4.01. The van der Waals surface area contributed by atoms with Gasteiger partial charge in [-0.25, -0.2) is 0 Å². The van der Waals surface area contributed by atoms with E-state index in [-0.39, 0.29) is 0 Å². The van der Waals surface area contributed by atoms with Crippen LogP contribution in [0, 0.1) is 5.92 Å². The molecule has 0 amide bonds. The SMILES string of the molecule is CCCNC(C(CC)CC)C1(N2CCCCC2)CCCC1. The van der Waals surface area contributed by atoms with Crippen molar-refractivity contribution in [3.05, 3.63) is 0 Å². The number of hydrogen-bond donors (Lipinski definition) is 1. The monoisotopic (exact) mass is 294 g/mol. The molecular weight excluding hydrogens is 256 g/mol. The maximum Gasteiger partial charge on any atom is 0.0365 e. The van der Waals surface area contributed by atoms with Crippen LogP contribution < -0.4 is 5.32 Å². The molecule has 0 bridgehead atoms. The molecule has 0 spiro atoms. The Balaban J connectivity index is 2.21. The van der Waals surface area contributed by atoms with Crippen LogP contribution in [0.1, 0.15) is 85.0 Å². The molecule has 2 nitrogen and oxygen atoms in total. The summed E-state index contributed by atoms with van der Waals surface area (Å²) < 4.78 is 0. The third kappa shape index (κ3) is 3.82. The Bertz CT molecular complexity index is 273. The highest BCUT2D eigenvalue weighted by atomic mass is 15.2. The van der Waals surface area contributed by atoms with E-state index in [2.05, 4.69) is 31.0 Å². The van der Waals surface area contributed by atoms with E-state index >= 15 is 0 Å². The van der Waals surface area contributed by atoms with Gasteiger partial charge in [-0.05, 0) is 57.7 Å². The van der Waals surface area contributed by atoms with Gasteiger partial charge in [-0.1, -0.05) is 52.9 Å². The van der Waals surface area contributed by atoms with Crippen LogP contribution in [0.4, 0.5) is 0 Å². The van der Waals surface area contributed by atoms with E-state index < -0.39 is 0 Å². The number of likely N-dealkylation sites (tertiary alicyclic amines) is 1. The Hall–Kier alpha value is -0.0800. The minimum Gasteiger partial charge on any atom is -0.312 e. The minimum absolute atomic E-state index is 0.478. The molecule has 0 aromatic rings. The topological polar surface area (TPSA) is 15.3 Å². The summed E-state index contributed by atoms with van der Waals surface area (Å²) in [5.74, 6) is 0.844. The zero-order valence-corrected chi connectivity index (χ0v) is 14.8. The first-order chi connectivity index (χ1) is 10.3. The zero-order valence-electron chi connectivity index (χ0n) is 14.8. The van der Waals surface area contributed by atoms with Crippen molar-refractivity contribution >= 4 is 0 Å². The molecule has 1 atom stereocenters. The number of piperidine rings is 1. The summed E-state index contributed by atoms with van der Waals surface area (Å²) in [6.45, 7) is 11.0. The van der Waals surface area contributed by atoms with Gasteiger partial charge >= 0.3 is 0 Å². The fraction of sp³-hybridized carbons (Fsp3) is 1.00. The van der Waals surface area contributed by atoms with Gasteiger partial charge in [0.15, 0.2) is 0 Å². The highest BCUT2D eigenvalue weighted by molar-refractivity contribution is 5.06. The molecule has 1 aliphatic carbocycles. The Morgan fingerprint density at radius 2 is 1.52 bits per heavy atom. The maximum atomic E-state index is 4.01. The largest absolute Gasteiger partial charge is 0.312 e. The van der Waals surface area contributed by atoms with Crippen LogP contribution in [0.2, 0.25) is 0 Å². The van der Waals surface area contributed by atoms with E-state index in [9.17, 15) is 0 Å². The van der Waals surface area contributed by atoms with Crippen LogP contribution in [-0.4, -0.2) is 36.1 Å². The van der Waals surface area contributed by atoms with Gasteiger partial charge in [0.05, 0.1) is 0 Å². The molecule has 21 heavy (non-hydrogen) atoms. The van der Waals surface area contributed by atoms with Crippen molar-refractivity contribution in [2.75, 3.05) is 19.6 Å².